The van der Waals surface area contributed by atoms with Gasteiger partial charge >= 0.3 is 0 Å². The highest BCUT2D eigenvalue weighted by Gasteiger charge is 2.28. The molecule has 0 aromatic heterocycles. The second-order valence-corrected chi connectivity index (χ2v) is 5.58. The third-order valence-corrected chi connectivity index (χ3v) is 4.10. The second kappa shape index (κ2) is 6.02. The van der Waals surface area contributed by atoms with Crippen molar-refractivity contribution in [1.29, 1.82) is 0 Å². The molecule has 1 aliphatic rings. The van der Waals surface area contributed by atoms with Gasteiger partial charge in [-0.25, -0.2) is 0 Å². The van der Waals surface area contributed by atoms with Crippen LogP contribution in [0.15, 0.2) is 24.3 Å². The van der Waals surface area contributed by atoms with Gasteiger partial charge in [0.25, 0.3) is 0 Å². The molecule has 18 heavy (non-hydrogen) atoms. The van der Waals surface area contributed by atoms with Gasteiger partial charge in [0.05, 0.1) is 6.10 Å². The maximum absolute atomic E-state index is 10.4. The molecule has 4 heteroatoms. The molecule has 3 nitrogen and oxygen atoms in total. The number of aliphatic hydroxyl groups excluding tert-OH is 1. The van der Waals surface area contributed by atoms with Gasteiger partial charge in [-0.3, -0.25) is 4.90 Å². The van der Waals surface area contributed by atoms with Crippen LogP contribution in [-0.2, 0) is 6.42 Å². The Balaban J connectivity index is 2.03. The third kappa shape index (κ3) is 3.23. The monoisotopic (exact) mass is 268 g/mol. The van der Waals surface area contributed by atoms with E-state index in [1.165, 1.54) is 0 Å². The van der Waals surface area contributed by atoms with Gasteiger partial charge in [0.1, 0.15) is 0 Å². The van der Waals surface area contributed by atoms with Crippen LogP contribution in [0.3, 0.4) is 0 Å². The van der Waals surface area contributed by atoms with Crippen LogP contribution < -0.4 is 0 Å². The van der Waals surface area contributed by atoms with E-state index in [1.54, 1.807) is 0 Å². The summed E-state index contributed by atoms with van der Waals surface area (Å²) < 4.78 is 0. The smallest absolute Gasteiger partial charge is 0.0748 e. The number of hydrogen-bond donors (Lipinski definition) is 1. The number of nitrogens with zero attached hydrogens (tertiary/aromatic N) is 2. The zero-order valence-corrected chi connectivity index (χ0v) is 11.8. The Kier molecular flexibility index (Phi) is 4.62. The second-order valence-electron chi connectivity index (χ2n) is 5.17. The van der Waals surface area contributed by atoms with E-state index < -0.39 is 0 Å². The molecule has 0 spiro atoms. The molecule has 2 unspecified atom stereocenters. The highest BCUT2D eigenvalue weighted by molar-refractivity contribution is 6.31. The van der Waals surface area contributed by atoms with Gasteiger partial charge in [-0.2, -0.15) is 0 Å². The fourth-order valence-electron chi connectivity index (χ4n) is 2.48. The quantitative estimate of drug-likeness (QED) is 0.900. The van der Waals surface area contributed by atoms with Crippen LogP contribution in [0.5, 0.6) is 0 Å². The largest absolute Gasteiger partial charge is 0.391 e. The zero-order valence-electron chi connectivity index (χ0n) is 11.0. The maximum atomic E-state index is 10.4. The van der Waals surface area contributed by atoms with E-state index in [-0.39, 0.29) is 12.1 Å². The molecule has 0 aliphatic carbocycles. The number of benzene rings is 1. The molecule has 100 valence electrons. The lowest BCUT2D eigenvalue weighted by molar-refractivity contribution is 0.0153. The first kappa shape index (κ1) is 13.8. The fourth-order valence-corrected chi connectivity index (χ4v) is 2.70. The molecular weight excluding hydrogens is 248 g/mol. The molecule has 1 aromatic carbocycles. The van der Waals surface area contributed by atoms with Gasteiger partial charge in [0.2, 0.25) is 0 Å². The molecule has 1 aromatic rings. The topological polar surface area (TPSA) is 26.7 Å². The summed E-state index contributed by atoms with van der Waals surface area (Å²) in [7, 11) is 4.18. The minimum atomic E-state index is -0.377. The summed E-state index contributed by atoms with van der Waals surface area (Å²) in [6, 6.07) is 7.92. The molecular formula is C14H21ClN2O. The summed E-state index contributed by atoms with van der Waals surface area (Å²) in [5, 5.41) is 11.2. The summed E-state index contributed by atoms with van der Waals surface area (Å²) in [6.07, 6.45) is 0.236. The van der Waals surface area contributed by atoms with Gasteiger partial charge in [0, 0.05) is 37.1 Å². The van der Waals surface area contributed by atoms with Gasteiger partial charge in [0.15, 0.2) is 0 Å². The summed E-state index contributed by atoms with van der Waals surface area (Å²) in [5.41, 5.74) is 1.02. The molecule has 1 heterocycles. The van der Waals surface area contributed by atoms with Crippen LogP contribution in [0.2, 0.25) is 5.02 Å². The molecule has 0 bridgehead atoms. The van der Waals surface area contributed by atoms with E-state index in [0.29, 0.717) is 6.42 Å². The molecule has 2 rings (SSSR count). The molecule has 0 saturated carbocycles. The first-order valence-corrected chi connectivity index (χ1v) is 6.76. The number of likely N-dealkylation sites (N-methyl/N-ethyl adjacent to an activating group) is 2. The van der Waals surface area contributed by atoms with Gasteiger partial charge in [-0.05, 0) is 25.7 Å². The maximum Gasteiger partial charge on any atom is 0.0748 e. The van der Waals surface area contributed by atoms with E-state index in [0.717, 1.165) is 30.2 Å². The minimum Gasteiger partial charge on any atom is -0.391 e. The highest BCUT2D eigenvalue weighted by atomic mass is 35.5. The first-order chi connectivity index (χ1) is 8.58. The average Bonchev–Trinajstić information content (AvgIpc) is 2.35. The van der Waals surface area contributed by atoms with Crippen molar-refractivity contribution in [2.75, 3.05) is 33.7 Å². The van der Waals surface area contributed by atoms with Crippen molar-refractivity contribution in [2.45, 2.75) is 18.6 Å². The normalized spacial score (nSPS) is 24.1. The highest BCUT2D eigenvalue weighted by Crippen LogP contribution is 2.20. The predicted molar refractivity (Wildman–Crippen MR) is 75.1 cm³/mol. The average molecular weight is 269 g/mol. The van der Waals surface area contributed by atoms with Crippen molar-refractivity contribution in [3.63, 3.8) is 0 Å². The van der Waals surface area contributed by atoms with Gasteiger partial charge in [-0.1, -0.05) is 29.8 Å². The molecule has 1 aliphatic heterocycles. The van der Waals surface area contributed by atoms with Crippen molar-refractivity contribution >= 4 is 11.6 Å². The summed E-state index contributed by atoms with van der Waals surface area (Å²) in [5.74, 6) is 0. The van der Waals surface area contributed by atoms with E-state index in [1.807, 2.05) is 24.3 Å². The number of rotatable bonds is 3. The van der Waals surface area contributed by atoms with Crippen LogP contribution in [0, 0.1) is 0 Å². The van der Waals surface area contributed by atoms with E-state index in [4.69, 9.17) is 11.6 Å². The Labute approximate surface area is 114 Å². The van der Waals surface area contributed by atoms with Gasteiger partial charge < -0.3 is 10.0 Å². The van der Waals surface area contributed by atoms with Crippen LogP contribution in [0.25, 0.3) is 0 Å². The van der Waals surface area contributed by atoms with Crippen molar-refractivity contribution in [3.8, 4) is 0 Å². The Morgan fingerprint density at radius 1 is 1.33 bits per heavy atom. The first-order valence-electron chi connectivity index (χ1n) is 6.38. The third-order valence-electron chi connectivity index (χ3n) is 3.73. The van der Waals surface area contributed by atoms with Crippen molar-refractivity contribution in [1.82, 2.24) is 9.80 Å². The van der Waals surface area contributed by atoms with Crippen molar-refractivity contribution in [2.24, 2.45) is 0 Å². The van der Waals surface area contributed by atoms with Crippen LogP contribution >= 0.6 is 11.6 Å². The number of halogens is 1. The molecule has 2 atom stereocenters. The lowest BCUT2D eigenvalue weighted by Gasteiger charge is -2.40. The molecule has 0 amide bonds. The summed E-state index contributed by atoms with van der Waals surface area (Å²) in [6.45, 7) is 2.97. The van der Waals surface area contributed by atoms with E-state index in [9.17, 15) is 5.11 Å². The van der Waals surface area contributed by atoms with Crippen molar-refractivity contribution < 1.29 is 5.11 Å². The zero-order chi connectivity index (χ0) is 13.1. The van der Waals surface area contributed by atoms with Crippen LogP contribution in [-0.4, -0.2) is 60.8 Å². The number of piperazine rings is 1. The minimum absolute atomic E-state index is 0.181. The molecule has 1 saturated heterocycles. The SMILES string of the molecule is CN1CCN(C)C(C(O)Cc2ccccc2Cl)C1. The summed E-state index contributed by atoms with van der Waals surface area (Å²) in [4.78, 5) is 4.50. The predicted octanol–water partition coefficient (Wildman–Crippen LogP) is 1.49. The summed E-state index contributed by atoms with van der Waals surface area (Å²) >= 11 is 6.14. The Morgan fingerprint density at radius 3 is 2.78 bits per heavy atom. The number of hydrogen-bond acceptors (Lipinski definition) is 3. The molecule has 1 N–H and O–H groups in total. The van der Waals surface area contributed by atoms with Gasteiger partial charge in [-0.15, -0.1) is 0 Å². The fraction of sp³-hybridized carbons (Fsp3) is 0.571. The lowest BCUT2D eigenvalue weighted by Crippen LogP contribution is -2.55. The molecule has 1 fully saturated rings. The van der Waals surface area contributed by atoms with Crippen molar-refractivity contribution in [3.05, 3.63) is 34.9 Å². The molecule has 0 radical (unpaired) electrons. The Morgan fingerprint density at radius 2 is 2.06 bits per heavy atom. The lowest BCUT2D eigenvalue weighted by atomic mass is 9.99. The van der Waals surface area contributed by atoms with E-state index >= 15 is 0 Å². The Hall–Kier alpha value is -0.610. The van der Waals surface area contributed by atoms with E-state index in [2.05, 4.69) is 23.9 Å². The van der Waals surface area contributed by atoms with Crippen LogP contribution in [0.4, 0.5) is 0 Å². The van der Waals surface area contributed by atoms with Crippen LogP contribution in [0.1, 0.15) is 5.56 Å². The number of aliphatic hydroxyl groups is 1. The standard InChI is InChI=1S/C14H21ClN2O/c1-16-7-8-17(2)13(10-16)14(18)9-11-5-3-4-6-12(11)15/h3-6,13-14,18H,7-10H2,1-2H3. The Bertz CT molecular complexity index is 399.